The molecule has 37 heavy (non-hydrogen) atoms. The van der Waals surface area contributed by atoms with Crippen LogP contribution < -0.4 is 0 Å². The van der Waals surface area contributed by atoms with Crippen LogP contribution >= 0.6 is 0 Å². The highest BCUT2D eigenvalue weighted by atomic mass is 28.4. The van der Waals surface area contributed by atoms with E-state index in [4.69, 9.17) is 21.7 Å². The van der Waals surface area contributed by atoms with Gasteiger partial charge in [0.05, 0.1) is 21.6 Å². The highest BCUT2D eigenvalue weighted by molar-refractivity contribution is 6.74. The fourth-order valence-corrected chi connectivity index (χ4v) is 5.48. The number of carboxylic acids is 1. The maximum absolute atomic E-state index is 13.0. The first-order valence-corrected chi connectivity index (χ1v) is 16.9. The molecule has 1 saturated heterocycles. The Bertz CT molecular complexity index is 862. The highest BCUT2D eigenvalue weighted by Crippen LogP contribution is 2.38. The smallest absolute Gasteiger partial charge is 0.303 e. The molecule has 0 radical (unpaired) electrons. The first-order valence-electron chi connectivity index (χ1n) is 15.0. The molecule has 0 unspecified atom stereocenters. The van der Waals surface area contributed by atoms with Crippen LogP contribution in [0.2, 0.25) is 18.1 Å². The van der Waals surface area contributed by atoms with Crippen LogP contribution in [0.5, 0.6) is 0 Å². The number of carbonyl (C=O) groups excluding carboxylic acids is 1. The van der Waals surface area contributed by atoms with E-state index < -0.39 is 26.0 Å². The van der Waals surface area contributed by atoms with Crippen molar-refractivity contribution in [3.8, 4) is 0 Å². The number of aliphatic carboxylic acids is 1. The third-order valence-electron chi connectivity index (χ3n) is 7.48. The zero-order chi connectivity index (χ0) is 30.0. The molecule has 7 heteroatoms. The second-order valence-corrected chi connectivity index (χ2v) is 17.0. The summed E-state index contributed by atoms with van der Waals surface area (Å²) < 4.78 is 35.7. The number of ether oxygens (including phenoxy) is 2. The first-order chi connectivity index (χ1) is 17.9. The van der Waals surface area contributed by atoms with Crippen LogP contribution in [-0.4, -0.2) is 49.8 Å². The van der Waals surface area contributed by atoms with Crippen LogP contribution in [0.4, 0.5) is 0 Å². The van der Waals surface area contributed by atoms with Gasteiger partial charge in [0.2, 0.25) is 0 Å². The average molecular weight is 543 g/mol. The van der Waals surface area contributed by atoms with Crippen LogP contribution in [0.25, 0.3) is 0 Å². The number of unbranched alkanes of at least 4 members (excludes halogenated alkanes) is 2. The summed E-state index contributed by atoms with van der Waals surface area (Å²) in [5.74, 6) is -2.69. The molecule has 1 N–H and O–H groups in total. The Kier molecular flexibility index (Phi) is 12.5. The van der Waals surface area contributed by atoms with Gasteiger partial charge in [-0.1, -0.05) is 71.2 Å². The molecule has 1 heterocycles. The lowest BCUT2D eigenvalue weighted by Gasteiger charge is -2.39. The molecule has 4 atom stereocenters. The van der Waals surface area contributed by atoms with Crippen LogP contribution in [0.1, 0.15) is 103 Å². The van der Waals surface area contributed by atoms with Crippen molar-refractivity contribution in [3.05, 3.63) is 24.3 Å². The monoisotopic (exact) mass is 542 g/mol. The fraction of sp³-hybridized carbons (Fsp3) is 0.800. The molecule has 0 aromatic rings. The molecule has 1 fully saturated rings. The Morgan fingerprint density at radius 3 is 2.38 bits per heavy atom. The number of allylic oxidation sites excluding steroid dienone is 2. The van der Waals surface area contributed by atoms with Crippen molar-refractivity contribution in [1.29, 1.82) is 0 Å². The summed E-state index contributed by atoms with van der Waals surface area (Å²) in [6, 6.07) is 0.141. The van der Waals surface area contributed by atoms with Crippen LogP contribution in [-0.2, 0) is 23.5 Å². The fourth-order valence-electron chi connectivity index (χ4n) is 4.17. The van der Waals surface area contributed by atoms with E-state index in [9.17, 15) is 9.59 Å². The van der Waals surface area contributed by atoms with Crippen molar-refractivity contribution in [2.24, 2.45) is 11.8 Å². The standard InChI is InChI=1S/C30H54O6Si/c1-10-11-14-17-24(36-37(8,9)29(3,4)5)20-21-26(27-22-34-30(6,7)35-27)25(23(2)31)18-15-12-13-16-19-28(32)33/h12,15,20-21,24-27H,10-11,13-14,16-19,22H2,1-9H3,(H,32,33)/b15-12-,21-20+/t24-,25-,26+,27-/m0/s1/i12T,15T. The van der Waals surface area contributed by atoms with E-state index in [2.05, 4.69) is 46.9 Å². The topological polar surface area (TPSA) is 82.1 Å². The molecular formula is C30H54O6Si. The lowest BCUT2D eigenvalue weighted by atomic mass is 9.82. The van der Waals surface area contributed by atoms with E-state index in [1.165, 1.54) is 6.92 Å². The molecule has 6 nitrogen and oxygen atoms in total. The minimum atomic E-state index is -2.04. The number of Topliss-reactive ketones (excluding diaryl/α,β-unsaturated/α-hetero) is 1. The van der Waals surface area contributed by atoms with Crippen molar-refractivity contribution in [2.75, 3.05) is 6.61 Å². The number of ketones is 1. The Labute approximate surface area is 230 Å². The van der Waals surface area contributed by atoms with E-state index in [0.717, 1.165) is 25.7 Å². The number of carboxylic acid groups (broad SMARTS) is 1. The molecule has 0 aromatic carbocycles. The molecule has 0 aliphatic carbocycles. The van der Waals surface area contributed by atoms with Gasteiger partial charge in [-0.25, -0.2) is 0 Å². The third kappa shape index (κ3) is 12.4. The van der Waals surface area contributed by atoms with Gasteiger partial charge in [0.25, 0.3) is 0 Å². The van der Waals surface area contributed by atoms with Crippen molar-refractivity contribution in [1.82, 2.24) is 0 Å². The summed E-state index contributed by atoms with van der Waals surface area (Å²) in [5.41, 5.74) is 0. The van der Waals surface area contributed by atoms with Crippen LogP contribution in [0, 0.1) is 11.8 Å². The lowest BCUT2D eigenvalue weighted by molar-refractivity contribution is -0.147. The predicted octanol–water partition coefficient (Wildman–Crippen LogP) is 7.69. The summed E-state index contributed by atoms with van der Waals surface area (Å²) in [7, 11) is -2.04. The molecular weight excluding hydrogens is 484 g/mol. The maximum Gasteiger partial charge on any atom is 0.303 e. The quantitative estimate of drug-likeness (QED) is 0.115. The van der Waals surface area contributed by atoms with E-state index in [1.54, 1.807) is 0 Å². The minimum absolute atomic E-state index is 0.0485. The summed E-state index contributed by atoms with van der Waals surface area (Å²) >= 11 is 0. The zero-order valence-electron chi connectivity index (χ0n) is 26.8. The maximum atomic E-state index is 13.0. The number of hydrogen-bond donors (Lipinski definition) is 1. The Balaban J connectivity index is 3.33. The number of hydrogen-bond acceptors (Lipinski definition) is 5. The molecule has 214 valence electrons. The van der Waals surface area contributed by atoms with E-state index in [1.807, 2.05) is 19.9 Å². The van der Waals surface area contributed by atoms with Crippen molar-refractivity contribution in [3.63, 3.8) is 0 Å². The molecule has 0 spiro atoms. The third-order valence-corrected chi connectivity index (χ3v) is 12.0. The molecule has 0 saturated carbocycles. The molecule has 0 bridgehead atoms. The van der Waals surface area contributed by atoms with Gasteiger partial charge in [0.1, 0.15) is 5.78 Å². The van der Waals surface area contributed by atoms with Crippen LogP contribution in [0.3, 0.4) is 0 Å². The summed E-state index contributed by atoms with van der Waals surface area (Å²) in [6.07, 6.45) is 8.40. The molecule has 1 aliphatic heterocycles. The van der Waals surface area contributed by atoms with Gasteiger partial charge in [0, 0.05) is 18.3 Å². The van der Waals surface area contributed by atoms with Gasteiger partial charge in [-0.05, 0) is 64.6 Å². The van der Waals surface area contributed by atoms with E-state index >= 15 is 0 Å². The Morgan fingerprint density at radius 1 is 1.19 bits per heavy atom. The van der Waals surface area contributed by atoms with Gasteiger partial charge in [-0.2, -0.15) is 0 Å². The minimum Gasteiger partial charge on any atom is -0.481 e. The first kappa shape index (κ1) is 30.3. The molecule has 0 amide bonds. The largest absolute Gasteiger partial charge is 0.481 e. The summed E-state index contributed by atoms with van der Waals surface area (Å²) in [4.78, 5) is 23.8. The van der Waals surface area contributed by atoms with E-state index in [-0.39, 0.29) is 60.3 Å². The number of rotatable bonds is 17. The Hall–Kier alpha value is -1.28. The summed E-state index contributed by atoms with van der Waals surface area (Å²) in [5, 5.41) is 8.96. The lowest BCUT2D eigenvalue weighted by Crippen LogP contribution is -2.43. The molecule has 0 aromatic heterocycles. The van der Waals surface area contributed by atoms with E-state index in [0.29, 0.717) is 13.0 Å². The van der Waals surface area contributed by atoms with Crippen molar-refractivity contribution in [2.45, 2.75) is 136 Å². The van der Waals surface area contributed by atoms with Gasteiger partial charge in [0.15, 0.2) is 14.1 Å². The van der Waals surface area contributed by atoms with Gasteiger partial charge in [-0.15, -0.1) is 0 Å². The summed E-state index contributed by atoms with van der Waals surface area (Å²) in [6.45, 7) is 18.9. The normalized spacial score (nSPS) is 22.2. The van der Waals surface area contributed by atoms with Gasteiger partial charge < -0.3 is 19.0 Å². The zero-order valence-corrected chi connectivity index (χ0v) is 25.8. The molecule has 1 rings (SSSR count). The highest BCUT2D eigenvalue weighted by Gasteiger charge is 2.41. The predicted molar refractivity (Wildman–Crippen MR) is 153 cm³/mol. The van der Waals surface area contributed by atoms with Gasteiger partial charge in [-0.3, -0.25) is 9.59 Å². The Morgan fingerprint density at radius 2 is 1.86 bits per heavy atom. The van der Waals surface area contributed by atoms with Crippen LogP contribution in [0.15, 0.2) is 24.3 Å². The average Bonchev–Trinajstić information content (AvgIpc) is 3.16. The van der Waals surface area contributed by atoms with Crippen molar-refractivity contribution < 1.29 is 31.3 Å². The van der Waals surface area contributed by atoms with Gasteiger partial charge >= 0.3 is 5.97 Å². The SMILES string of the molecule is [3H]/C(CCCC(=O)O)=C(\[3H])C[C@@H](C(C)=O)[C@@H](/C=C/[C@H](CCCCC)O[Si](C)(C)C(C)(C)C)[C@@H]1COC(C)(C)O1. The molecule has 1 aliphatic rings. The van der Waals surface area contributed by atoms with Crippen molar-refractivity contribution >= 4 is 20.1 Å². The second kappa shape index (κ2) is 15.3. The second-order valence-electron chi connectivity index (χ2n) is 12.3. The number of carbonyl (C=O) groups is 2.